The molecule has 9 nitrogen and oxygen atoms in total. The number of carbonyl (C=O) groups is 2. The van der Waals surface area contributed by atoms with Gasteiger partial charge in [-0.1, -0.05) is 20.3 Å². The van der Waals surface area contributed by atoms with E-state index in [-0.39, 0.29) is 17.5 Å². The molecule has 0 saturated carbocycles. The summed E-state index contributed by atoms with van der Waals surface area (Å²) in [6.45, 7) is 6.14. The van der Waals surface area contributed by atoms with Gasteiger partial charge in [0.25, 0.3) is 5.69 Å². The number of amides is 3. The van der Waals surface area contributed by atoms with Gasteiger partial charge in [-0.15, -0.1) is 0 Å². The highest BCUT2D eigenvalue weighted by molar-refractivity contribution is 5.87. The van der Waals surface area contributed by atoms with Crippen molar-refractivity contribution in [3.8, 4) is 0 Å². The summed E-state index contributed by atoms with van der Waals surface area (Å²) < 4.78 is 0. The Balaban J connectivity index is 1.98. The fraction of sp³-hybridized carbons (Fsp3) is 0.529. The molecule has 1 aliphatic heterocycles. The minimum atomic E-state index is -0.701. The Bertz CT molecular complexity index is 656. The van der Waals surface area contributed by atoms with Crippen molar-refractivity contribution < 1.29 is 14.5 Å². The molecular formula is C17H25N5O4. The summed E-state index contributed by atoms with van der Waals surface area (Å²) in [7, 11) is 0. The second-order valence-electron chi connectivity index (χ2n) is 6.46. The summed E-state index contributed by atoms with van der Waals surface area (Å²) in [4.78, 5) is 38.1. The van der Waals surface area contributed by atoms with Gasteiger partial charge >= 0.3 is 6.03 Å². The van der Waals surface area contributed by atoms with Crippen molar-refractivity contribution in [2.75, 3.05) is 31.1 Å². The summed E-state index contributed by atoms with van der Waals surface area (Å²) in [6.07, 6.45) is 0.749. The molecule has 1 aromatic rings. The zero-order valence-corrected chi connectivity index (χ0v) is 15.1. The molecule has 0 unspecified atom stereocenters. The van der Waals surface area contributed by atoms with Crippen LogP contribution >= 0.6 is 0 Å². The first-order chi connectivity index (χ1) is 12.3. The number of hydrogen-bond donors (Lipinski definition) is 2. The average molecular weight is 363 g/mol. The van der Waals surface area contributed by atoms with E-state index in [1.807, 2.05) is 13.8 Å². The van der Waals surface area contributed by atoms with E-state index in [1.54, 1.807) is 17.0 Å². The first kappa shape index (κ1) is 19.5. The molecule has 1 aromatic carbocycles. The highest BCUT2D eigenvalue weighted by Gasteiger charge is 2.31. The van der Waals surface area contributed by atoms with Crippen LogP contribution in [0.4, 0.5) is 16.2 Å². The monoisotopic (exact) mass is 363 g/mol. The second kappa shape index (κ2) is 8.50. The molecule has 3 amide bonds. The number of hydrogen-bond acceptors (Lipinski definition) is 5. The molecule has 2 atom stereocenters. The molecular weight excluding hydrogens is 338 g/mol. The SMILES string of the molecule is CC[C@H](C)[C@H](NC(N)=O)C(=O)N1CCN(c2ccc([N+](=O)[O-])cc2)CC1. The largest absolute Gasteiger partial charge is 0.368 e. The number of carbonyl (C=O) groups excluding carboxylic acids is 2. The highest BCUT2D eigenvalue weighted by Crippen LogP contribution is 2.21. The molecule has 0 radical (unpaired) electrons. The zero-order chi connectivity index (χ0) is 19.3. The fourth-order valence-corrected chi connectivity index (χ4v) is 3.00. The predicted octanol–water partition coefficient (Wildman–Crippen LogP) is 1.33. The number of urea groups is 1. The van der Waals surface area contributed by atoms with E-state index in [9.17, 15) is 19.7 Å². The third-order valence-corrected chi connectivity index (χ3v) is 4.79. The van der Waals surface area contributed by atoms with Crippen LogP contribution < -0.4 is 16.0 Å². The van der Waals surface area contributed by atoms with Gasteiger partial charge in [-0.3, -0.25) is 14.9 Å². The maximum absolute atomic E-state index is 12.8. The van der Waals surface area contributed by atoms with Crippen molar-refractivity contribution in [3.05, 3.63) is 34.4 Å². The van der Waals surface area contributed by atoms with E-state index >= 15 is 0 Å². The molecule has 1 heterocycles. The predicted molar refractivity (Wildman–Crippen MR) is 97.9 cm³/mol. The van der Waals surface area contributed by atoms with Crippen molar-refractivity contribution in [1.82, 2.24) is 10.2 Å². The summed E-state index contributed by atoms with van der Waals surface area (Å²) in [5.74, 6) is -0.135. The first-order valence-corrected chi connectivity index (χ1v) is 8.67. The molecule has 0 spiro atoms. The van der Waals surface area contributed by atoms with Crippen LogP contribution in [-0.4, -0.2) is 54.0 Å². The smallest absolute Gasteiger partial charge is 0.312 e. The molecule has 142 valence electrons. The number of anilines is 1. The van der Waals surface area contributed by atoms with Crippen molar-refractivity contribution in [2.24, 2.45) is 11.7 Å². The number of nitro benzene ring substituents is 1. The second-order valence-corrected chi connectivity index (χ2v) is 6.46. The van der Waals surface area contributed by atoms with Gasteiger partial charge in [0.1, 0.15) is 6.04 Å². The Kier molecular flexibility index (Phi) is 6.37. The minimum Gasteiger partial charge on any atom is -0.368 e. The van der Waals surface area contributed by atoms with Crippen LogP contribution in [-0.2, 0) is 4.79 Å². The Morgan fingerprint density at radius 1 is 1.23 bits per heavy atom. The Morgan fingerprint density at radius 2 is 1.81 bits per heavy atom. The number of nitro groups is 1. The number of benzene rings is 1. The lowest BCUT2D eigenvalue weighted by Gasteiger charge is -2.38. The Labute approximate surface area is 152 Å². The lowest BCUT2D eigenvalue weighted by molar-refractivity contribution is -0.384. The van der Waals surface area contributed by atoms with E-state index < -0.39 is 17.0 Å². The van der Waals surface area contributed by atoms with E-state index in [4.69, 9.17) is 5.73 Å². The molecule has 1 saturated heterocycles. The number of nitrogens with two attached hydrogens (primary N) is 1. The molecule has 0 bridgehead atoms. The molecule has 2 rings (SSSR count). The van der Waals surface area contributed by atoms with Gasteiger partial charge in [-0.05, 0) is 18.1 Å². The topological polar surface area (TPSA) is 122 Å². The number of nitrogens with zero attached hydrogens (tertiary/aromatic N) is 3. The van der Waals surface area contributed by atoms with Crippen LogP contribution in [0.25, 0.3) is 0 Å². The zero-order valence-electron chi connectivity index (χ0n) is 15.1. The lowest BCUT2D eigenvalue weighted by Crippen LogP contribution is -2.57. The van der Waals surface area contributed by atoms with Crippen molar-refractivity contribution in [3.63, 3.8) is 0 Å². The molecule has 0 aromatic heterocycles. The Morgan fingerprint density at radius 3 is 2.27 bits per heavy atom. The summed E-state index contributed by atoms with van der Waals surface area (Å²) in [5.41, 5.74) is 6.15. The quantitative estimate of drug-likeness (QED) is 0.583. The highest BCUT2D eigenvalue weighted by atomic mass is 16.6. The van der Waals surface area contributed by atoms with Crippen molar-refractivity contribution >= 4 is 23.3 Å². The van der Waals surface area contributed by atoms with Gasteiger partial charge in [-0.2, -0.15) is 0 Å². The normalized spacial score (nSPS) is 16.7. The average Bonchev–Trinajstić information content (AvgIpc) is 2.65. The van der Waals surface area contributed by atoms with Gasteiger partial charge < -0.3 is 20.9 Å². The standard InChI is InChI=1S/C17H25N5O4/c1-3-12(2)15(19-17(18)24)16(23)21-10-8-20(9-11-21)13-4-6-14(7-5-13)22(25)26/h4-7,12,15H,3,8-11H2,1-2H3,(H3,18,19,24)/t12-,15-/m0/s1. The van der Waals surface area contributed by atoms with Crippen molar-refractivity contribution in [1.29, 1.82) is 0 Å². The number of nitrogens with one attached hydrogen (secondary N) is 1. The van der Waals surface area contributed by atoms with Crippen LogP contribution in [0.15, 0.2) is 24.3 Å². The van der Waals surface area contributed by atoms with Crippen molar-refractivity contribution in [2.45, 2.75) is 26.3 Å². The molecule has 3 N–H and O–H groups in total. The summed E-state index contributed by atoms with van der Waals surface area (Å²) >= 11 is 0. The molecule has 0 aliphatic carbocycles. The molecule has 9 heteroatoms. The number of piperazine rings is 1. The van der Waals surface area contributed by atoms with Crippen LogP contribution in [0, 0.1) is 16.0 Å². The molecule has 1 aliphatic rings. The Hall–Kier alpha value is -2.84. The van der Waals surface area contributed by atoms with E-state index in [0.717, 1.165) is 12.1 Å². The van der Waals surface area contributed by atoms with Gasteiger partial charge in [-0.25, -0.2) is 4.79 Å². The molecule has 1 fully saturated rings. The van der Waals surface area contributed by atoms with E-state index in [0.29, 0.717) is 26.2 Å². The number of rotatable bonds is 6. The number of non-ortho nitro benzene ring substituents is 1. The number of primary amides is 1. The maximum atomic E-state index is 12.8. The lowest BCUT2D eigenvalue weighted by atomic mass is 9.97. The van der Waals surface area contributed by atoms with Gasteiger partial charge in [0.05, 0.1) is 4.92 Å². The van der Waals surface area contributed by atoms with Crippen LogP contribution in [0.5, 0.6) is 0 Å². The third-order valence-electron chi connectivity index (χ3n) is 4.79. The van der Waals surface area contributed by atoms with Crippen LogP contribution in [0.2, 0.25) is 0 Å². The van der Waals surface area contributed by atoms with Crippen LogP contribution in [0.1, 0.15) is 20.3 Å². The van der Waals surface area contributed by atoms with Gasteiger partial charge in [0, 0.05) is 44.0 Å². The fourth-order valence-electron chi connectivity index (χ4n) is 3.00. The summed E-state index contributed by atoms with van der Waals surface area (Å²) in [5, 5.41) is 13.3. The van der Waals surface area contributed by atoms with E-state index in [2.05, 4.69) is 10.2 Å². The first-order valence-electron chi connectivity index (χ1n) is 8.67. The van der Waals surface area contributed by atoms with Gasteiger partial charge in [0.15, 0.2) is 0 Å². The summed E-state index contributed by atoms with van der Waals surface area (Å²) in [6, 6.07) is 5.06. The third kappa shape index (κ3) is 4.62. The van der Waals surface area contributed by atoms with Crippen LogP contribution in [0.3, 0.4) is 0 Å². The van der Waals surface area contributed by atoms with Gasteiger partial charge in [0.2, 0.25) is 5.91 Å². The maximum Gasteiger partial charge on any atom is 0.312 e. The molecule has 26 heavy (non-hydrogen) atoms. The minimum absolute atomic E-state index is 0.0114. The van der Waals surface area contributed by atoms with E-state index in [1.165, 1.54) is 12.1 Å².